The van der Waals surface area contributed by atoms with Gasteiger partial charge in [0.05, 0.1) is 12.1 Å². The van der Waals surface area contributed by atoms with Crippen LogP contribution in [0.3, 0.4) is 0 Å². The molecule has 0 unspecified atom stereocenters. The Bertz CT molecular complexity index is 1110. The minimum atomic E-state index is -1.93. The maximum absolute atomic E-state index is 13.4. The van der Waals surface area contributed by atoms with E-state index < -0.39 is 11.5 Å². The molecular formula is C26H24ClNO3. The van der Waals surface area contributed by atoms with E-state index in [0.29, 0.717) is 34.8 Å². The topological polar surface area (TPSA) is 57.6 Å². The van der Waals surface area contributed by atoms with Gasteiger partial charge in [-0.1, -0.05) is 73.1 Å². The molecule has 1 aliphatic heterocycles. The van der Waals surface area contributed by atoms with Crippen LogP contribution < -0.4 is 4.90 Å². The first-order valence-electron chi connectivity index (χ1n) is 10.4. The van der Waals surface area contributed by atoms with Crippen LogP contribution in [0.5, 0.6) is 0 Å². The van der Waals surface area contributed by atoms with Crippen molar-refractivity contribution < 1.29 is 14.7 Å². The first-order valence-corrected chi connectivity index (χ1v) is 10.8. The maximum atomic E-state index is 13.4. The highest BCUT2D eigenvalue weighted by Gasteiger charge is 2.50. The molecule has 3 aromatic carbocycles. The van der Waals surface area contributed by atoms with Gasteiger partial charge in [0, 0.05) is 22.7 Å². The molecule has 0 saturated carbocycles. The van der Waals surface area contributed by atoms with Gasteiger partial charge in [-0.15, -0.1) is 0 Å². The molecule has 4 rings (SSSR count). The highest BCUT2D eigenvalue weighted by molar-refractivity contribution is 6.31. The SMILES string of the molecule is CCc1ccc(C(=O)C[C@@]2(O)C(=O)N(CCc3ccccc3)c3ccc(Cl)cc32)cc1. The van der Waals surface area contributed by atoms with Crippen LogP contribution in [0.15, 0.2) is 72.8 Å². The second kappa shape index (κ2) is 8.66. The Kier molecular flexibility index (Phi) is 5.94. The second-order valence-corrected chi connectivity index (χ2v) is 8.30. The summed E-state index contributed by atoms with van der Waals surface area (Å²) >= 11 is 6.18. The maximum Gasteiger partial charge on any atom is 0.264 e. The first-order chi connectivity index (χ1) is 14.9. The molecular weight excluding hydrogens is 410 g/mol. The van der Waals surface area contributed by atoms with Crippen molar-refractivity contribution in [2.45, 2.75) is 31.8 Å². The molecule has 1 N–H and O–H groups in total. The van der Waals surface area contributed by atoms with Crippen LogP contribution in [0.4, 0.5) is 5.69 Å². The van der Waals surface area contributed by atoms with E-state index in [4.69, 9.17) is 11.6 Å². The predicted octanol–water partition coefficient (Wildman–Crippen LogP) is 4.95. The fourth-order valence-electron chi connectivity index (χ4n) is 4.06. The van der Waals surface area contributed by atoms with Gasteiger partial charge in [-0.2, -0.15) is 0 Å². The quantitative estimate of drug-likeness (QED) is 0.536. The van der Waals surface area contributed by atoms with Crippen LogP contribution in [0.2, 0.25) is 5.02 Å². The van der Waals surface area contributed by atoms with Gasteiger partial charge in [0.1, 0.15) is 0 Å². The normalized spacial score (nSPS) is 17.6. The summed E-state index contributed by atoms with van der Waals surface area (Å²) in [6.45, 7) is 2.45. The Morgan fingerprint density at radius 2 is 1.71 bits per heavy atom. The van der Waals surface area contributed by atoms with Crippen molar-refractivity contribution >= 4 is 29.0 Å². The van der Waals surface area contributed by atoms with Crippen molar-refractivity contribution in [1.29, 1.82) is 0 Å². The van der Waals surface area contributed by atoms with Crippen LogP contribution in [0, 0.1) is 0 Å². The van der Waals surface area contributed by atoms with Gasteiger partial charge in [-0.25, -0.2) is 0 Å². The molecule has 1 aliphatic rings. The Morgan fingerprint density at radius 1 is 1.00 bits per heavy atom. The number of fused-ring (bicyclic) bond motifs is 1. The van der Waals surface area contributed by atoms with Crippen molar-refractivity contribution in [3.05, 3.63) is 100 Å². The van der Waals surface area contributed by atoms with Gasteiger partial charge >= 0.3 is 0 Å². The average molecular weight is 434 g/mol. The summed E-state index contributed by atoms with van der Waals surface area (Å²) < 4.78 is 0. The van der Waals surface area contributed by atoms with Gasteiger partial charge in [-0.3, -0.25) is 9.59 Å². The molecule has 1 atom stereocenters. The number of hydrogen-bond acceptors (Lipinski definition) is 3. The third kappa shape index (κ3) is 4.14. The van der Waals surface area contributed by atoms with Crippen molar-refractivity contribution in [1.82, 2.24) is 0 Å². The number of amides is 1. The number of aryl methyl sites for hydroxylation is 1. The van der Waals surface area contributed by atoms with Gasteiger partial charge in [0.2, 0.25) is 0 Å². The lowest BCUT2D eigenvalue weighted by Gasteiger charge is -2.23. The zero-order valence-corrected chi connectivity index (χ0v) is 18.1. The molecule has 5 heteroatoms. The van der Waals surface area contributed by atoms with Crippen molar-refractivity contribution in [2.24, 2.45) is 0 Å². The van der Waals surface area contributed by atoms with Crippen LogP contribution in [-0.2, 0) is 23.2 Å². The Balaban J connectivity index is 1.62. The van der Waals surface area contributed by atoms with Crippen LogP contribution in [0.25, 0.3) is 0 Å². The van der Waals surface area contributed by atoms with Gasteiger partial charge < -0.3 is 10.0 Å². The van der Waals surface area contributed by atoms with E-state index in [9.17, 15) is 14.7 Å². The number of ketones is 1. The van der Waals surface area contributed by atoms with Gasteiger partial charge in [-0.05, 0) is 42.2 Å². The standard InChI is InChI=1S/C26H24ClNO3/c1-2-18-8-10-20(11-9-18)24(29)17-26(31)22-16-21(27)12-13-23(22)28(25(26)30)15-14-19-6-4-3-5-7-19/h3-13,16,31H,2,14-15,17H2,1H3/t26-/m0/s1. The molecule has 0 spiro atoms. The third-order valence-corrected chi connectivity index (χ3v) is 6.10. The van der Waals surface area contributed by atoms with E-state index in [1.165, 1.54) is 0 Å². The molecule has 4 nitrogen and oxygen atoms in total. The van der Waals surface area contributed by atoms with E-state index in [0.717, 1.165) is 17.5 Å². The summed E-state index contributed by atoms with van der Waals surface area (Å²) in [5.74, 6) is -0.770. The number of Topliss-reactive ketones (excluding diaryl/α,β-unsaturated/α-hetero) is 1. The van der Waals surface area contributed by atoms with Gasteiger partial charge in [0.25, 0.3) is 5.91 Å². The number of anilines is 1. The molecule has 31 heavy (non-hydrogen) atoms. The Hall–Kier alpha value is -2.95. The summed E-state index contributed by atoms with van der Waals surface area (Å²) in [7, 11) is 0. The first kappa shape index (κ1) is 21.3. The zero-order valence-electron chi connectivity index (χ0n) is 17.3. The highest BCUT2D eigenvalue weighted by atomic mass is 35.5. The predicted molar refractivity (Wildman–Crippen MR) is 123 cm³/mol. The molecule has 1 heterocycles. The molecule has 3 aromatic rings. The van der Waals surface area contributed by atoms with Crippen LogP contribution in [-0.4, -0.2) is 23.3 Å². The lowest BCUT2D eigenvalue weighted by atomic mass is 9.88. The molecule has 0 radical (unpaired) electrons. The number of benzene rings is 3. The third-order valence-electron chi connectivity index (χ3n) is 5.86. The van der Waals surface area contributed by atoms with Crippen molar-refractivity contribution in [3.8, 4) is 0 Å². The minimum Gasteiger partial charge on any atom is -0.375 e. The summed E-state index contributed by atoms with van der Waals surface area (Å²) in [6, 6.07) is 22.1. The number of carbonyl (C=O) groups is 2. The van der Waals surface area contributed by atoms with Crippen LogP contribution in [0.1, 0.15) is 40.4 Å². The molecule has 0 saturated heterocycles. The minimum absolute atomic E-state index is 0.283. The number of carbonyl (C=O) groups excluding carboxylic acids is 2. The van der Waals surface area contributed by atoms with Gasteiger partial charge in [0.15, 0.2) is 11.4 Å². The monoisotopic (exact) mass is 433 g/mol. The zero-order chi connectivity index (χ0) is 22.0. The summed E-state index contributed by atoms with van der Waals surface area (Å²) in [5, 5.41) is 11.9. The van der Waals surface area contributed by atoms with E-state index in [-0.39, 0.29) is 12.2 Å². The molecule has 0 aromatic heterocycles. The molecule has 0 fully saturated rings. The molecule has 1 amide bonds. The number of rotatable bonds is 7. The van der Waals surface area contributed by atoms with E-state index >= 15 is 0 Å². The number of aliphatic hydroxyl groups is 1. The van der Waals surface area contributed by atoms with Crippen molar-refractivity contribution in [2.75, 3.05) is 11.4 Å². The fourth-order valence-corrected chi connectivity index (χ4v) is 4.23. The lowest BCUT2D eigenvalue weighted by Crippen LogP contribution is -2.42. The largest absolute Gasteiger partial charge is 0.375 e. The summed E-state index contributed by atoms with van der Waals surface area (Å²) in [5.41, 5.74) is 1.74. The second-order valence-electron chi connectivity index (χ2n) is 7.86. The van der Waals surface area contributed by atoms with E-state index in [1.807, 2.05) is 49.4 Å². The summed E-state index contributed by atoms with van der Waals surface area (Å²) in [4.78, 5) is 27.9. The lowest BCUT2D eigenvalue weighted by molar-refractivity contribution is -0.135. The summed E-state index contributed by atoms with van der Waals surface area (Å²) in [6.07, 6.45) is 1.18. The van der Waals surface area contributed by atoms with E-state index in [2.05, 4.69) is 0 Å². The smallest absolute Gasteiger partial charge is 0.264 e. The average Bonchev–Trinajstić information content (AvgIpc) is 2.99. The number of hydrogen-bond donors (Lipinski definition) is 1. The number of halogens is 1. The molecule has 0 bridgehead atoms. The molecule has 0 aliphatic carbocycles. The van der Waals surface area contributed by atoms with E-state index in [1.54, 1.807) is 35.2 Å². The molecule has 158 valence electrons. The number of nitrogens with zero attached hydrogens (tertiary/aromatic N) is 1. The Labute approximate surface area is 187 Å². The highest BCUT2D eigenvalue weighted by Crippen LogP contribution is 2.44. The fraction of sp³-hybridized carbons (Fsp3) is 0.231. The Morgan fingerprint density at radius 3 is 2.39 bits per heavy atom. The van der Waals surface area contributed by atoms with Crippen LogP contribution >= 0.6 is 11.6 Å². The van der Waals surface area contributed by atoms with Crippen molar-refractivity contribution in [3.63, 3.8) is 0 Å².